The molecule has 0 atom stereocenters. The zero-order valence-electron chi connectivity index (χ0n) is 14.5. The van der Waals surface area contributed by atoms with Crippen LogP contribution in [0.2, 0.25) is 0 Å². The Morgan fingerprint density at radius 1 is 1.21 bits per heavy atom. The van der Waals surface area contributed by atoms with Crippen molar-refractivity contribution in [2.75, 3.05) is 7.05 Å². The summed E-state index contributed by atoms with van der Waals surface area (Å²) in [5, 5.41) is 11.7. The first kappa shape index (κ1) is 18.1. The van der Waals surface area contributed by atoms with E-state index in [9.17, 15) is 14.7 Å². The van der Waals surface area contributed by atoms with Crippen LogP contribution in [0.3, 0.4) is 0 Å². The van der Waals surface area contributed by atoms with Gasteiger partial charge < -0.3 is 10.0 Å². The molecular weight excluding hydrogens is 324 g/mol. The minimum absolute atomic E-state index is 0.264. The number of carbonyl (C=O) groups is 2. The van der Waals surface area contributed by atoms with Gasteiger partial charge in [-0.05, 0) is 25.3 Å². The number of likely N-dealkylation sites (N-methyl/N-ethyl adjacent to an activating group) is 1. The largest absolute Gasteiger partial charge is 0.480 e. The molecule has 1 aromatic carbocycles. The lowest BCUT2D eigenvalue weighted by molar-refractivity contribution is -0.147. The van der Waals surface area contributed by atoms with Crippen molar-refractivity contribution in [2.45, 2.75) is 39.2 Å². The lowest BCUT2D eigenvalue weighted by Crippen LogP contribution is -2.50. The third kappa shape index (κ3) is 3.48. The van der Waals surface area contributed by atoms with Crippen molar-refractivity contribution in [3.63, 3.8) is 0 Å². The van der Waals surface area contributed by atoms with Crippen LogP contribution in [-0.2, 0) is 4.79 Å². The van der Waals surface area contributed by atoms with Crippen LogP contribution in [0, 0.1) is 0 Å². The van der Waals surface area contributed by atoms with Crippen molar-refractivity contribution < 1.29 is 14.7 Å². The van der Waals surface area contributed by atoms with Gasteiger partial charge in [-0.15, -0.1) is 11.3 Å². The van der Waals surface area contributed by atoms with Crippen molar-refractivity contribution in [3.8, 4) is 10.6 Å². The third-order valence-corrected chi connectivity index (χ3v) is 5.11. The van der Waals surface area contributed by atoms with Gasteiger partial charge in [0.2, 0.25) is 0 Å². The van der Waals surface area contributed by atoms with Crippen LogP contribution in [-0.4, -0.2) is 39.5 Å². The van der Waals surface area contributed by atoms with Gasteiger partial charge in [0.25, 0.3) is 5.91 Å². The second-order valence-corrected chi connectivity index (χ2v) is 7.40. The molecular formula is C18H22N2O3S. The summed E-state index contributed by atoms with van der Waals surface area (Å²) in [5.41, 5.74) is 1.16. The fraction of sp³-hybridized carbons (Fsp3) is 0.389. The summed E-state index contributed by atoms with van der Waals surface area (Å²) in [6.07, 6.45) is 0. The Kier molecular flexibility index (Phi) is 5.08. The van der Waals surface area contributed by atoms with E-state index in [4.69, 9.17) is 0 Å². The lowest BCUT2D eigenvalue weighted by Gasteiger charge is -2.30. The molecule has 2 rings (SSSR count). The third-order valence-electron chi connectivity index (χ3n) is 4.21. The normalized spacial score (nSPS) is 11.6. The van der Waals surface area contributed by atoms with E-state index < -0.39 is 17.4 Å². The molecule has 1 amide bonds. The number of thiazole rings is 1. The molecule has 0 aliphatic carbocycles. The molecule has 5 nitrogen and oxygen atoms in total. The van der Waals surface area contributed by atoms with Crippen LogP contribution < -0.4 is 0 Å². The van der Waals surface area contributed by atoms with Gasteiger partial charge in [0, 0.05) is 18.0 Å². The number of carboxylic acids is 1. The highest BCUT2D eigenvalue weighted by molar-refractivity contribution is 7.13. The molecule has 0 bridgehead atoms. The van der Waals surface area contributed by atoms with Gasteiger partial charge in [0.05, 0.1) is 0 Å². The summed E-state index contributed by atoms with van der Waals surface area (Å²) in [6.45, 7) is 7.25. The molecule has 0 saturated heterocycles. The average Bonchev–Trinajstić information content (AvgIpc) is 3.03. The van der Waals surface area contributed by atoms with Gasteiger partial charge in [-0.1, -0.05) is 38.1 Å². The SMILES string of the molecule is CC(C)c1ccc(-c2nc(C(=O)N(C)C(C)(C)C(=O)O)cs2)cc1. The van der Waals surface area contributed by atoms with Crippen LogP contribution in [0.4, 0.5) is 0 Å². The highest BCUT2D eigenvalue weighted by Crippen LogP contribution is 2.27. The molecule has 0 radical (unpaired) electrons. The van der Waals surface area contributed by atoms with Crippen LogP contribution in [0.1, 0.15) is 49.7 Å². The average molecular weight is 346 g/mol. The van der Waals surface area contributed by atoms with E-state index in [0.29, 0.717) is 5.92 Å². The van der Waals surface area contributed by atoms with Gasteiger partial charge in [0.1, 0.15) is 16.2 Å². The predicted molar refractivity (Wildman–Crippen MR) is 95.4 cm³/mol. The zero-order valence-corrected chi connectivity index (χ0v) is 15.3. The molecule has 0 spiro atoms. The molecule has 0 saturated carbocycles. The topological polar surface area (TPSA) is 70.5 Å². The Morgan fingerprint density at radius 3 is 2.29 bits per heavy atom. The number of hydrogen-bond acceptors (Lipinski definition) is 4. The molecule has 1 aromatic heterocycles. The number of amides is 1. The Hall–Kier alpha value is -2.21. The lowest BCUT2D eigenvalue weighted by atomic mass is 10.0. The standard InChI is InChI=1S/C18H22N2O3S/c1-11(2)12-6-8-13(9-7-12)15-19-14(10-24-15)16(21)20(5)18(3,4)17(22)23/h6-11H,1-5H3,(H,22,23). The second-order valence-electron chi connectivity index (χ2n) is 6.54. The van der Waals surface area contributed by atoms with Crippen LogP contribution in [0.25, 0.3) is 10.6 Å². The van der Waals surface area contributed by atoms with Crippen molar-refractivity contribution >= 4 is 23.2 Å². The Morgan fingerprint density at radius 2 is 1.79 bits per heavy atom. The Labute approximate surface area is 146 Å². The van der Waals surface area contributed by atoms with Gasteiger partial charge in [-0.25, -0.2) is 9.78 Å². The van der Waals surface area contributed by atoms with Crippen LogP contribution in [0.5, 0.6) is 0 Å². The molecule has 0 unspecified atom stereocenters. The summed E-state index contributed by atoms with van der Waals surface area (Å²) in [5.74, 6) is -0.999. The summed E-state index contributed by atoms with van der Waals surface area (Å²) in [7, 11) is 1.48. The molecule has 1 N–H and O–H groups in total. The number of rotatable bonds is 5. The van der Waals surface area contributed by atoms with Crippen molar-refractivity contribution in [1.29, 1.82) is 0 Å². The molecule has 0 aliphatic rings. The maximum absolute atomic E-state index is 12.5. The molecule has 6 heteroatoms. The highest BCUT2D eigenvalue weighted by atomic mass is 32.1. The van der Waals surface area contributed by atoms with Crippen LogP contribution >= 0.6 is 11.3 Å². The number of carbonyl (C=O) groups excluding carboxylic acids is 1. The van der Waals surface area contributed by atoms with Gasteiger partial charge in [0.15, 0.2) is 0 Å². The van der Waals surface area contributed by atoms with Gasteiger partial charge in [-0.3, -0.25) is 4.79 Å². The molecule has 24 heavy (non-hydrogen) atoms. The van der Waals surface area contributed by atoms with E-state index >= 15 is 0 Å². The second kappa shape index (κ2) is 6.73. The number of aromatic nitrogens is 1. The fourth-order valence-corrected chi connectivity index (χ4v) is 2.88. The van der Waals surface area contributed by atoms with E-state index in [1.165, 1.54) is 42.7 Å². The molecule has 1 heterocycles. The van der Waals surface area contributed by atoms with E-state index in [1.807, 2.05) is 12.1 Å². The Balaban J connectivity index is 2.24. The molecule has 128 valence electrons. The number of aliphatic carboxylic acids is 1. The monoisotopic (exact) mass is 346 g/mol. The first-order valence-corrected chi connectivity index (χ1v) is 8.60. The fourth-order valence-electron chi connectivity index (χ4n) is 2.08. The summed E-state index contributed by atoms with van der Waals surface area (Å²) < 4.78 is 0. The van der Waals surface area contributed by atoms with Gasteiger partial charge in [-0.2, -0.15) is 0 Å². The van der Waals surface area contributed by atoms with Gasteiger partial charge >= 0.3 is 5.97 Å². The van der Waals surface area contributed by atoms with E-state index in [0.717, 1.165) is 10.6 Å². The molecule has 2 aromatic rings. The van der Waals surface area contributed by atoms with E-state index in [-0.39, 0.29) is 5.69 Å². The first-order chi connectivity index (χ1) is 11.1. The number of benzene rings is 1. The van der Waals surface area contributed by atoms with Crippen molar-refractivity contribution in [2.24, 2.45) is 0 Å². The Bertz CT molecular complexity index is 748. The zero-order chi connectivity index (χ0) is 18.1. The van der Waals surface area contributed by atoms with Crippen molar-refractivity contribution in [1.82, 2.24) is 9.88 Å². The number of nitrogens with zero attached hydrogens (tertiary/aromatic N) is 2. The number of carboxylic acid groups (broad SMARTS) is 1. The molecule has 0 fully saturated rings. The summed E-state index contributed by atoms with van der Waals surface area (Å²) in [4.78, 5) is 29.4. The first-order valence-electron chi connectivity index (χ1n) is 7.72. The number of hydrogen-bond donors (Lipinski definition) is 1. The van der Waals surface area contributed by atoms with Crippen LogP contribution in [0.15, 0.2) is 29.6 Å². The summed E-state index contributed by atoms with van der Waals surface area (Å²) in [6, 6.07) is 8.10. The predicted octanol–water partition coefficient (Wildman–Crippen LogP) is 3.87. The van der Waals surface area contributed by atoms with E-state index in [1.54, 1.807) is 5.38 Å². The van der Waals surface area contributed by atoms with E-state index in [2.05, 4.69) is 31.0 Å². The summed E-state index contributed by atoms with van der Waals surface area (Å²) >= 11 is 1.38. The maximum atomic E-state index is 12.5. The van der Waals surface area contributed by atoms with Crippen molar-refractivity contribution in [3.05, 3.63) is 40.9 Å². The minimum atomic E-state index is -1.29. The molecule has 0 aliphatic heterocycles. The smallest absolute Gasteiger partial charge is 0.329 e. The minimum Gasteiger partial charge on any atom is -0.480 e. The maximum Gasteiger partial charge on any atom is 0.329 e. The highest BCUT2D eigenvalue weighted by Gasteiger charge is 2.36. The quantitative estimate of drug-likeness (QED) is 0.892.